The second kappa shape index (κ2) is 6.39. The minimum absolute atomic E-state index is 0.0961. The molecule has 0 atom stereocenters. The molecule has 4 nitrogen and oxygen atoms in total. The van der Waals surface area contributed by atoms with Gasteiger partial charge in [-0.25, -0.2) is 4.98 Å². The minimum Gasteiger partial charge on any atom is -0.380 e. The number of hydrogen-bond donors (Lipinski definition) is 2. The van der Waals surface area contributed by atoms with E-state index < -0.39 is 0 Å². The van der Waals surface area contributed by atoms with Gasteiger partial charge in [0.2, 0.25) is 5.91 Å². The molecule has 2 aromatic rings. The van der Waals surface area contributed by atoms with Crippen molar-refractivity contribution in [3.05, 3.63) is 54.2 Å². The number of carbonyl (C=O) groups excluding carboxylic acids is 1. The number of nitrogens with zero attached hydrogens (tertiary/aromatic N) is 1. The molecule has 0 bridgehead atoms. The number of pyridine rings is 1. The van der Waals surface area contributed by atoms with Crippen LogP contribution in [0, 0.1) is 5.92 Å². The van der Waals surface area contributed by atoms with Crippen molar-refractivity contribution < 1.29 is 4.79 Å². The summed E-state index contributed by atoms with van der Waals surface area (Å²) in [6.45, 7) is 0.760. The molecular weight excluding hydrogens is 262 g/mol. The fourth-order valence-corrected chi connectivity index (χ4v) is 2.27. The number of aromatic nitrogens is 1. The van der Waals surface area contributed by atoms with Gasteiger partial charge in [0.05, 0.1) is 11.9 Å². The lowest BCUT2D eigenvalue weighted by molar-refractivity contribution is -0.122. The van der Waals surface area contributed by atoms with Gasteiger partial charge >= 0.3 is 0 Å². The Balaban J connectivity index is 1.52. The lowest BCUT2D eigenvalue weighted by Gasteiger charge is -2.23. The number of benzene rings is 1. The highest BCUT2D eigenvalue weighted by atomic mass is 16.2. The van der Waals surface area contributed by atoms with Gasteiger partial charge in [0.25, 0.3) is 0 Å². The van der Waals surface area contributed by atoms with Crippen LogP contribution in [-0.2, 0) is 11.3 Å². The summed E-state index contributed by atoms with van der Waals surface area (Å²) in [7, 11) is 0. The zero-order valence-corrected chi connectivity index (χ0v) is 11.9. The normalized spacial score (nSPS) is 14.3. The Hall–Kier alpha value is -2.36. The van der Waals surface area contributed by atoms with Crippen LogP contribution in [0.1, 0.15) is 24.8 Å². The molecule has 1 aliphatic rings. The van der Waals surface area contributed by atoms with Gasteiger partial charge in [-0.2, -0.15) is 0 Å². The van der Waals surface area contributed by atoms with Crippen molar-refractivity contribution in [3.8, 4) is 0 Å². The third kappa shape index (κ3) is 3.60. The predicted molar refractivity (Wildman–Crippen MR) is 84.0 cm³/mol. The number of anilines is 2. The van der Waals surface area contributed by atoms with Gasteiger partial charge in [-0.3, -0.25) is 4.79 Å². The lowest BCUT2D eigenvalue weighted by Crippen LogP contribution is -2.28. The van der Waals surface area contributed by atoms with E-state index in [1.54, 1.807) is 6.20 Å². The fraction of sp³-hybridized carbons (Fsp3) is 0.294. The van der Waals surface area contributed by atoms with Crippen LogP contribution in [-0.4, -0.2) is 10.9 Å². The van der Waals surface area contributed by atoms with E-state index in [4.69, 9.17) is 0 Å². The second-order valence-electron chi connectivity index (χ2n) is 5.39. The Morgan fingerprint density at radius 3 is 2.57 bits per heavy atom. The van der Waals surface area contributed by atoms with Gasteiger partial charge in [-0.05, 0) is 30.5 Å². The monoisotopic (exact) mass is 281 g/mol. The molecule has 1 aliphatic carbocycles. The van der Waals surface area contributed by atoms with Gasteiger partial charge in [0.15, 0.2) is 0 Å². The van der Waals surface area contributed by atoms with Crippen molar-refractivity contribution >= 4 is 17.4 Å². The molecule has 0 aliphatic heterocycles. The first-order chi connectivity index (χ1) is 10.3. The molecule has 108 valence electrons. The van der Waals surface area contributed by atoms with E-state index in [0.29, 0.717) is 5.82 Å². The summed E-state index contributed by atoms with van der Waals surface area (Å²) in [5.74, 6) is 0.901. The Kier molecular flexibility index (Phi) is 4.15. The summed E-state index contributed by atoms with van der Waals surface area (Å²) in [5.41, 5.74) is 2.17. The first kappa shape index (κ1) is 13.6. The van der Waals surface area contributed by atoms with E-state index in [-0.39, 0.29) is 11.8 Å². The third-order valence-electron chi connectivity index (χ3n) is 3.83. The van der Waals surface area contributed by atoms with Crippen LogP contribution in [0.2, 0.25) is 0 Å². The average molecular weight is 281 g/mol. The molecule has 0 saturated heterocycles. The van der Waals surface area contributed by atoms with E-state index in [2.05, 4.69) is 27.8 Å². The molecule has 0 spiro atoms. The third-order valence-corrected chi connectivity index (χ3v) is 3.83. The maximum absolute atomic E-state index is 11.8. The summed E-state index contributed by atoms with van der Waals surface area (Å²) in [6.07, 6.45) is 4.91. The van der Waals surface area contributed by atoms with E-state index >= 15 is 0 Å². The molecular formula is C17H19N3O. The maximum atomic E-state index is 11.8. The minimum atomic E-state index is 0.0961. The summed E-state index contributed by atoms with van der Waals surface area (Å²) < 4.78 is 0. The number of rotatable bonds is 5. The molecule has 2 N–H and O–H groups in total. The smallest absolute Gasteiger partial charge is 0.228 e. The molecule has 1 saturated carbocycles. The second-order valence-corrected chi connectivity index (χ2v) is 5.39. The van der Waals surface area contributed by atoms with E-state index in [9.17, 15) is 4.79 Å². The van der Waals surface area contributed by atoms with Crippen LogP contribution in [0.4, 0.5) is 11.5 Å². The first-order valence-electron chi connectivity index (χ1n) is 7.36. The highest BCUT2D eigenvalue weighted by molar-refractivity contribution is 5.92. The average Bonchev–Trinajstić information content (AvgIpc) is 2.46. The maximum Gasteiger partial charge on any atom is 0.228 e. The molecule has 21 heavy (non-hydrogen) atoms. The molecule has 0 unspecified atom stereocenters. The SMILES string of the molecule is O=C(Nc1ccc(NCc2ccccc2)cn1)C1CCC1. The van der Waals surface area contributed by atoms with Crippen molar-refractivity contribution in [3.63, 3.8) is 0 Å². The molecule has 0 radical (unpaired) electrons. The van der Waals surface area contributed by atoms with Crippen molar-refractivity contribution in [1.82, 2.24) is 4.98 Å². The van der Waals surface area contributed by atoms with Crippen LogP contribution in [0.15, 0.2) is 48.7 Å². The van der Waals surface area contributed by atoms with E-state index in [1.165, 1.54) is 5.56 Å². The largest absolute Gasteiger partial charge is 0.380 e. The van der Waals surface area contributed by atoms with Crippen molar-refractivity contribution in [2.24, 2.45) is 5.92 Å². The predicted octanol–water partition coefficient (Wildman–Crippen LogP) is 3.43. The zero-order valence-electron chi connectivity index (χ0n) is 11.9. The first-order valence-corrected chi connectivity index (χ1v) is 7.36. The van der Waals surface area contributed by atoms with Crippen LogP contribution in [0.25, 0.3) is 0 Å². The topological polar surface area (TPSA) is 54.0 Å². The molecule has 1 heterocycles. The van der Waals surface area contributed by atoms with Crippen molar-refractivity contribution in [2.45, 2.75) is 25.8 Å². The van der Waals surface area contributed by atoms with Gasteiger partial charge in [-0.1, -0.05) is 36.8 Å². The Labute approximate surface area is 124 Å². The van der Waals surface area contributed by atoms with Gasteiger partial charge in [0.1, 0.15) is 5.82 Å². The van der Waals surface area contributed by atoms with Gasteiger partial charge in [-0.15, -0.1) is 0 Å². The molecule has 1 aromatic carbocycles. The van der Waals surface area contributed by atoms with Crippen molar-refractivity contribution in [2.75, 3.05) is 10.6 Å². The number of nitrogens with one attached hydrogen (secondary N) is 2. The fourth-order valence-electron chi connectivity index (χ4n) is 2.27. The summed E-state index contributed by atoms with van der Waals surface area (Å²) in [6, 6.07) is 14.0. The quantitative estimate of drug-likeness (QED) is 0.882. The van der Waals surface area contributed by atoms with Crippen LogP contribution < -0.4 is 10.6 Å². The van der Waals surface area contributed by atoms with E-state index in [0.717, 1.165) is 31.5 Å². The van der Waals surface area contributed by atoms with E-state index in [1.807, 2.05) is 30.3 Å². The van der Waals surface area contributed by atoms with Crippen LogP contribution >= 0.6 is 0 Å². The highest BCUT2D eigenvalue weighted by Crippen LogP contribution is 2.27. The number of carbonyl (C=O) groups is 1. The summed E-state index contributed by atoms with van der Waals surface area (Å²) in [5, 5.41) is 6.18. The Morgan fingerprint density at radius 2 is 1.95 bits per heavy atom. The summed E-state index contributed by atoms with van der Waals surface area (Å²) >= 11 is 0. The molecule has 4 heteroatoms. The summed E-state index contributed by atoms with van der Waals surface area (Å²) in [4.78, 5) is 16.1. The van der Waals surface area contributed by atoms with Crippen LogP contribution in [0.3, 0.4) is 0 Å². The molecule has 3 rings (SSSR count). The standard InChI is InChI=1S/C17H19N3O/c21-17(14-7-4-8-14)20-16-10-9-15(12-19-16)18-11-13-5-2-1-3-6-13/h1-3,5-6,9-10,12,14,18H,4,7-8,11H2,(H,19,20,21). The Morgan fingerprint density at radius 1 is 1.14 bits per heavy atom. The number of hydrogen-bond acceptors (Lipinski definition) is 3. The molecule has 1 fully saturated rings. The molecule has 1 amide bonds. The van der Waals surface area contributed by atoms with Crippen LogP contribution in [0.5, 0.6) is 0 Å². The highest BCUT2D eigenvalue weighted by Gasteiger charge is 2.25. The van der Waals surface area contributed by atoms with Gasteiger partial charge in [0, 0.05) is 12.5 Å². The lowest BCUT2D eigenvalue weighted by atomic mass is 9.85. The number of amides is 1. The zero-order chi connectivity index (χ0) is 14.5. The molecule has 1 aromatic heterocycles. The van der Waals surface area contributed by atoms with Gasteiger partial charge < -0.3 is 10.6 Å². The van der Waals surface area contributed by atoms with Crippen molar-refractivity contribution in [1.29, 1.82) is 0 Å². The Bertz CT molecular complexity index is 591.